The number of hydrogen-bond acceptors (Lipinski definition) is 8. The fourth-order valence-electron chi connectivity index (χ4n) is 5.73. The maximum Gasteiger partial charge on any atom is 0.341 e. The predicted octanol–water partition coefficient (Wildman–Crippen LogP) is 9.51. The van der Waals surface area contributed by atoms with Crippen molar-refractivity contribution in [1.82, 2.24) is 5.32 Å². The van der Waals surface area contributed by atoms with Crippen molar-refractivity contribution in [3.63, 3.8) is 0 Å². The first-order valence-corrected chi connectivity index (χ1v) is 19.7. The van der Waals surface area contributed by atoms with Gasteiger partial charge in [-0.1, -0.05) is 91.0 Å². The maximum atomic E-state index is 14.7. The lowest BCUT2D eigenvalue weighted by molar-refractivity contribution is -0.116. The van der Waals surface area contributed by atoms with E-state index in [0.717, 1.165) is 11.3 Å². The number of carbonyl (C=O) groups is 5. The van der Waals surface area contributed by atoms with Gasteiger partial charge in [-0.15, -0.1) is 23.1 Å². The smallest absolute Gasteiger partial charge is 0.341 e. The van der Waals surface area contributed by atoms with Gasteiger partial charge < -0.3 is 26.0 Å². The molecule has 0 saturated carbocycles. The zero-order valence-corrected chi connectivity index (χ0v) is 32.9. The van der Waals surface area contributed by atoms with E-state index in [1.807, 2.05) is 12.1 Å². The van der Waals surface area contributed by atoms with E-state index in [0.29, 0.717) is 33.0 Å². The highest BCUT2D eigenvalue weighted by molar-refractivity contribution is 8.00. The predicted molar refractivity (Wildman–Crippen MR) is 226 cm³/mol. The van der Waals surface area contributed by atoms with Gasteiger partial charge in [-0.25, -0.2) is 9.18 Å². The minimum absolute atomic E-state index is 0.0820. The Labute approximate surface area is 342 Å². The van der Waals surface area contributed by atoms with Gasteiger partial charge in [0, 0.05) is 27.4 Å². The highest BCUT2D eigenvalue weighted by atomic mass is 32.2. The van der Waals surface area contributed by atoms with Crippen LogP contribution < -0.4 is 21.3 Å². The number of hydrogen-bond donors (Lipinski definition) is 4. The molecule has 58 heavy (non-hydrogen) atoms. The molecule has 1 heterocycles. The second-order valence-corrected chi connectivity index (χ2v) is 14.8. The minimum Gasteiger partial charge on any atom is -0.462 e. The molecule has 0 spiro atoms. The summed E-state index contributed by atoms with van der Waals surface area (Å²) in [7, 11) is 0. The molecule has 6 rings (SSSR count). The van der Waals surface area contributed by atoms with E-state index in [9.17, 15) is 28.4 Å². The Kier molecular flexibility index (Phi) is 13.6. The van der Waals surface area contributed by atoms with Crippen molar-refractivity contribution in [1.29, 1.82) is 0 Å². The molecule has 1 atom stereocenters. The zero-order valence-electron chi connectivity index (χ0n) is 31.3. The van der Waals surface area contributed by atoms with Crippen LogP contribution in [0, 0.1) is 12.7 Å². The van der Waals surface area contributed by atoms with E-state index in [1.54, 1.807) is 123 Å². The van der Waals surface area contributed by atoms with E-state index in [-0.39, 0.29) is 33.3 Å². The van der Waals surface area contributed by atoms with E-state index < -0.39 is 40.7 Å². The van der Waals surface area contributed by atoms with Crippen molar-refractivity contribution in [2.45, 2.75) is 24.0 Å². The number of amides is 4. The maximum absolute atomic E-state index is 14.7. The lowest BCUT2D eigenvalue weighted by Crippen LogP contribution is -2.30. The Balaban J connectivity index is 1.26. The summed E-state index contributed by atoms with van der Waals surface area (Å²) in [5, 5.41) is 10.4. The van der Waals surface area contributed by atoms with Gasteiger partial charge in [-0.2, -0.15) is 0 Å². The summed E-state index contributed by atoms with van der Waals surface area (Å²) in [4.78, 5) is 68.6. The molecule has 0 aliphatic heterocycles. The van der Waals surface area contributed by atoms with Crippen molar-refractivity contribution in [3.8, 4) is 0 Å². The second kappa shape index (κ2) is 19.4. The molecule has 10 nitrogen and oxygen atoms in total. The fraction of sp³-hybridized carbons (Fsp3) is 0.0889. The summed E-state index contributed by atoms with van der Waals surface area (Å²) >= 11 is 2.16. The van der Waals surface area contributed by atoms with Gasteiger partial charge in [0.05, 0.1) is 17.0 Å². The highest BCUT2D eigenvalue weighted by Gasteiger charge is 2.30. The molecule has 5 aromatic carbocycles. The van der Waals surface area contributed by atoms with Crippen molar-refractivity contribution in [3.05, 3.63) is 184 Å². The van der Waals surface area contributed by atoms with Gasteiger partial charge in [0.15, 0.2) is 0 Å². The number of para-hydroxylation sites is 1. The lowest BCUT2D eigenvalue weighted by atomic mass is 10.1. The molecule has 0 fully saturated rings. The van der Waals surface area contributed by atoms with Gasteiger partial charge in [0.25, 0.3) is 17.7 Å². The molecular weight excluding hydrogens is 776 g/mol. The van der Waals surface area contributed by atoms with Crippen LogP contribution in [0.1, 0.15) is 59.3 Å². The van der Waals surface area contributed by atoms with Crippen LogP contribution in [0.25, 0.3) is 6.08 Å². The SMILES string of the molecule is CCOC(=O)c1c(NC(=O)C(Sc2cccc(NC(=O)/C(=C/c3ccccc3F)NC(=O)c3ccccc3)c2)c2ccccc2)sc(C(=O)Nc2ccccc2)c1C. The highest BCUT2D eigenvalue weighted by Crippen LogP contribution is 2.40. The number of thioether (sulfide) groups is 1. The molecule has 1 aromatic heterocycles. The van der Waals surface area contributed by atoms with Crippen LogP contribution in [0.15, 0.2) is 150 Å². The number of rotatable bonds is 14. The van der Waals surface area contributed by atoms with E-state index >= 15 is 0 Å². The van der Waals surface area contributed by atoms with Gasteiger partial charge in [-0.3, -0.25) is 19.2 Å². The fourth-order valence-corrected chi connectivity index (χ4v) is 7.90. The first-order chi connectivity index (χ1) is 28.1. The average Bonchev–Trinajstić information content (AvgIpc) is 3.56. The number of anilines is 3. The summed E-state index contributed by atoms with van der Waals surface area (Å²) in [6.45, 7) is 3.38. The van der Waals surface area contributed by atoms with Crippen LogP contribution in [0.4, 0.5) is 20.8 Å². The number of benzene rings is 5. The third-order valence-electron chi connectivity index (χ3n) is 8.52. The van der Waals surface area contributed by atoms with Crippen LogP contribution in [0.5, 0.6) is 0 Å². The summed E-state index contributed by atoms with van der Waals surface area (Å²) in [5.74, 6) is -3.45. The first-order valence-electron chi connectivity index (χ1n) is 18.0. The Morgan fingerprint density at radius 1 is 0.741 bits per heavy atom. The number of halogens is 1. The molecule has 6 aromatic rings. The number of thiophene rings is 1. The van der Waals surface area contributed by atoms with Crippen LogP contribution >= 0.6 is 23.1 Å². The summed E-state index contributed by atoms with van der Waals surface area (Å²) in [6.07, 6.45) is 1.26. The van der Waals surface area contributed by atoms with Crippen LogP contribution in [-0.4, -0.2) is 36.2 Å². The summed E-state index contributed by atoms with van der Waals surface area (Å²) in [5.41, 5.74) is 2.20. The zero-order chi connectivity index (χ0) is 41.0. The summed E-state index contributed by atoms with van der Waals surface area (Å²) < 4.78 is 20.0. The van der Waals surface area contributed by atoms with Crippen molar-refractivity contribution >= 4 is 75.1 Å². The first kappa shape index (κ1) is 40.8. The van der Waals surface area contributed by atoms with Gasteiger partial charge in [0.1, 0.15) is 21.8 Å². The molecule has 1 unspecified atom stereocenters. The van der Waals surface area contributed by atoms with Gasteiger partial charge in [-0.05, 0) is 79.6 Å². The number of carbonyl (C=O) groups excluding carboxylic acids is 5. The topological polar surface area (TPSA) is 143 Å². The molecule has 0 radical (unpaired) electrons. The number of ether oxygens (including phenoxy) is 1. The Morgan fingerprint density at radius 3 is 2.07 bits per heavy atom. The third-order valence-corrected chi connectivity index (χ3v) is 11.0. The molecule has 0 aliphatic rings. The van der Waals surface area contributed by atoms with E-state index in [2.05, 4.69) is 21.3 Å². The van der Waals surface area contributed by atoms with Crippen LogP contribution in [0.3, 0.4) is 0 Å². The Morgan fingerprint density at radius 2 is 1.38 bits per heavy atom. The quantitative estimate of drug-likeness (QED) is 0.0488. The summed E-state index contributed by atoms with van der Waals surface area (Å²) in [6, 6.07) is 38.8. The van der Waals surface area contributed by atoms with E-state index in [1.165, 1.54) is 36.0 Å². The van der Waals surface area contributed by atoms with Crippen molar-refractivity contribution < 1.29 is 33.1 Å². The van der Waals surface area contributed by atoms with Crippen LogP contribution in [0.2, 0.25) is 0 Å². The lowest BCUT2D eigenvalue weighted by Gasteiger charge is -2.18. The molecule has 4 amide bonds. The molecule has 0 aliphatic carbocycles. The van der Waals surface area contributed by atoms with Crippen LogP contribution in [-0.2, 0) is 14.3 Å². The Hall–Kier alpha value is -6.83. The van der Waals surface area contributed by atoms with Gasteiger partial charge in [0.2, 0.25) is 5.91 Å². The monoisotopic (exact) mass is 812 g/mol. The average molecular weight is 813 g/mol. The molecule has 13 heteroatoms. The Bertz CT molecular complexity index is 2480. The third kappa shape index (κ3) is 10.3. The minimum atomic E-state index is -0.868. The molecule has 292 valence electrons. The van der Waals surface area contributed by atoms with Crippen molar-refractivity contribution in [2.24, 2.45) is 0 Å². The number of esters is 1. The number of nitrogens with one attached hydrogen (secondary N) is 4. The van der Waals surface area contributed by atoms with Gasteiger partial charge >= 0.3 is 5.97 Å². The molecular formula is C45H37FN4O6S2. The van der Waals surface area contributed by atoms with Crippen molar-refractivity contribution in [2.75, 3.05) is 22.6 Å². The normalized spacial score (nSPS) is 11.5. The largest absolute Gasteiger partial charge is 0.462 e. The standard InChI is InChI=1S/C45H37FN4O6S2/c1-3-56-45(55)37-28(2)38(42(53)47-32-21-11-6-12-22-32)58-44(37)50-43(54)39(29-16-7-4-8-17-29)57-34-24-15-23-33(27-34)48-41(52)36(26-31-20-13-14-25-35(31)46)49-40(51)30-18-9-5-10-19-30/h4-27,39H,3H2,1-2H3,(H,47,53)(H,48,52)(H,49,51)(H,50,54)/b36-26-. The molecule has 0 bridgehead atoms. The second-order valence-electron chi connectivity index (χ2n) is 12.6. The molecule has 0 saturated heterocycles. The van der Waals surface area contributed by atoms with E-state index in [4.69, 9.17) is 4.74 Å². The molecule has 4 N–H and O–H groups in total.